The molecule has 0 bridgehead atoms. The van der Waals surface area contributed by atoms with Crippen molar-refractivity contribution in [3.63, 3.8) is 0 Å². The van der Waals surface area contributed by atoms with Crippen LogP contribution in [0.15, 0.2) is 53.6 Å². The highest BCUT2D eigenvalue weighted by Crippen LogP contribution is 2.33. The van der Waals surface area contributed by atoms with Crippen LogP contribution in [0.4, 0.5) is 0 Å². The quantitative estimate of drug-likeness (QED) is 0.470. The first kappa shape index (κ1) is 21.0. The lowest BCUT2D eigenvalue weighted by Gasteiger charge is -2.24. The zero-order chi connectivity index (χ0) is 22.2. The van der Waals surface area contributed by atoms with E-state index in [1.165, 1.54) is 47.1 Å². The molecule has 5 nitrogen and oxygen atoms in total. The molecule has 1 aliphatic carbocycles. The maximum absolute atomic E-state index is 13.4. The molecule has 4 aromatic rings. The number of likely N-dealkylation sites (tertiary alicyclic amines) is 1. The van der Waals surface area contributed by atoms with Gasteiger partial charge in [-0.25, -0.2) is 4.98 Å². The fraction of sp³-hybridized carbons (Fsp3) is 0.407. The number of hydrogen-bond acceptors (Lipinski definition) is 5. The van der Waals surface area contributed by atoms with E-state index in [4.69, 9.17) is 4.98 Å². The third-order valence-corrected chi connectivity index (χ3v) is 8.42. The van der Waals surface area contributed by atoms with Crippen LogP contribution in [-0.2, 0) is 19.4 Å². The summed E-state index contributed by atoms with van der Waals surface area (Å²) in [4.78, 5) is 22.9. The highest BCUT2D eigenvalue weighted by molar-refractivity contribution is 7.18. The second-order valence-corrected chi connectivity index (χ2v) is 10.6. The summed E-state index contributed by atoms with van der Waals surface area (Å²) in [6.45, 7) is 5.27. The summed E-state index contributed by atoms with van der Waals surface area (Å²) in [6.07, 6.45) is 7.50. The fourth-order valence-corrected chi connectivity index (χ4v) is 6.71. The predicted octanol–water partition coefficient (Wildman–Crippen LogP) is 4.20. The predicted molar refractivity (Wildman–Crippen MR) is 136 cm³/mol. The third-order valence-electron chi connectivity index (χ3n) is 7.26. The van der Waals surface area contributed by atoms with E-state index in [2.05, 4.69) is 52.7 Å². The van der Waals surface area contributed by atoms with Crippen molar-refractivity contribution in [3.05, 3.63) is 75.1 Å². The maximum atomic E-state index is 13.4. The second kappa shape index (κ2) is 9.01. The standard InChI is InChI=1S/C27H30N4OS/c32-27-25-23-10-9-22(28-11-14-30-12-3-4-13-30)16-24(23)33-26(25)29-18-31(27)17-19-7-8-20-5-1-2-6-21(20)15-19/h1-2,5-8,15,18,22,28H,3-4,9-14,16-17H2. The first-order chi connectivity index (χ1) is 16.2. The molecule has 33 heavy (non-hydrogen) atoms. The molecule has 2 aromatic carbocycles. The largest absolute Gasteiger partial charge is 0.312 e. The lowest BCUT2D eigenvalue weighted by molar-refractivity contribution is 0.322. The number of nitrogens with zero attached hydrogens (tertiary/aromatic N) is 3. The average molecular weight is 459 g/mol. The van der Waals surface area contributed by atoms with Gasteiger partial charge in [-0.15, -0.1) is 11.3 Å². The number of benzene rings is 2. The number of nitrogens with one attached hydrogen (secondary N) is 1. The molecule has 6 rings (SSSR count). The minimum atomic E-state index is 0.103. The molecular weight excluding hydrogens is 428 g/mol. The summed E-state index contributed by atoms with van der Waals surface area (Å²) in [5, 5.41) is 7.05. The Balaban J connectivity index is 1.20. The monoisotopic (exact) mass is 458 g/mol. The molecule has 3 heterocycles. The molecule has 6 heteroatoms. The van der Waals surface area contributed by atoms with Crippen molar-refractivity contribution in [2.24, 2.45) is 0 Å². The zero-order valence-electron chi connectivity index (χ0n) is 18.9. The number of fused-ring (bicyclic) bond motifs is 4. The lowest BCUT2D eigenvalue weighted by Crippen LogP contribution is -2.39. The van der Waals surface area contributed by atoms with E-state index in [9.17, 15) is 4.79 Å². The van der Waals surface area contributed by atoms with E-state index >= 15 is 0 Å². The summed E-state index contributed by atoms with van der Waals surface area (Å²) in [7, 11) is 0. The van der Waals surface area contributed by atoms with Gasteiger partial charge in [0.05, 0.1) is 18.3 Å². The van der Waals surface area contributed by atoms with E-state index in [0.29, 0.717) is 12.6 Å². The molecule has 0 spiro atoms. The van der Waals surface area contributed by atoms with Crippen LogP contribution in [0.3, 0.4) is 0 Å². The molecule has 0 radical (unpaired) electrons. The topological polar surface area (TPSA) is 50.2 Å². The summed E-state index contributed by atoms with van der Waals surface area (Å²) >= 11 is 1.72. The van der Waals surface area contributed by atoms with Gasteiger partial charge < -0.3 is 10.2 Å². The Morgan fingerprint density at radius 3 is 2.82 bits per heavy atom. The van der Waals surface area contributed by atoms with Gasteiger partial charge >= 0.3 is 0 Å². The summed E-state index contributed by atoms with van der Waals surface area (Å²) in [5.74, 6) is 0. The van der Waals surface area contributed by atoms with Gasteiger partial charge in [0.2, 0.25) is 0 Å². The van der Waals surface area contributed by atoms with E-state index in [1.54, 1.807) is 22.2 Å². The molecule has 2 aromatic heterocycles. The number of rotatable bonds is 6. The molecule has 1 atom stereocenters. The maximum Gasteiger partial charge on any atom is 0.262 e. The highest BCUT2D eigenvalue weighted by atomic mass is 32.1. The van der Waals surface area contributed by atoms with Gasteiger partial charge in [0.15, 0.2) is 0 Å². The molecule has 1 N–H and O–H groups in total. The summed E-state index contributed by atoms with van der Waals surface area (Å²) in [6, 6.07) is 15.3. The van der Waals surface area contributed by atoms with Gasteiger partial charge in [-0.2, -0.15) is 0 Å². The Hall–Kier alpha value is -2.54. The summed E-state index contributed by atoms with van der Waals surface area (Å²) < 4.78 is 1.78. The fourth-order valence-electron chi connectivity index (χ4n) is 5.45. The van der Waals surface area contributed by atoms with Crippen molar-refractivity contribution < 1.29 is 0 Å². The first-order valence-corrected chi connectivity index (χ1v) is 13.0. The lowest BCUT2D eigenvalue weighted by atomic mass is 9.93. The third kappa shape index (κ3) is 4.23. The van der Waals surface area contributed by atoms with Gasteiger partial charge in [0, 0.05) is 24.0 Å². The highest BCUT2D eigenvalue weighted by Gasteiger charge is 2.25. The van der Waals surface area contributed by atoms with Gasteiger partial charge in [0.1, 0.15) is 4.83 Å². The molecule has 170 valence electrons. The van der Waals surface area contributed by atoms with Crippen molar-refractivity contribution in [2.45, 2.75) is 44.7 Å². The van der Waals surface area contributed by atoms with Crippen LogP contribution in [0.2, 0.25) is 0 Å². The smallest absolute Gasteiger partial charge is 0.262 e. The van der Waals surface area contributed by atoms with E-state index in [-0.39, 0.29) is 5.56 Å². The number of thiophene rings is 1. The van der Waals surface area contributed by atoms with Crippen molar-refractivity contribution in [1.82, 2.24) is 19.8 Å². The van der Waals surface area contributed by atoms with E-state index < -0.39 is 0 Å². The molecule has 2 aliphatic rings. The Bertz CT molecular complexity index is 1350. The number of hydrogen-bond donors (Lipinski definition) is 1. The van der Waals surface area contributed by atoms with Gasteiger partial charge in [-0.1, -0.05) is 36.4 Å². The van der Waals surface area contributed by atoms with Crippen molar-refractivity contribution >= 4 is 32.3 Å². The van der Waals surface area contributed by atoms with Crippen LogP contribution in [-0.4, -0.2) is 46.7 Å². The molecule has 1 fully saturated rings. The van der Waals surface area contributed by atoms with Crippen LogP contribution < -0.4 is 10.9 Å². The van der Waals surface area contributed by atoms with E-state index in [1.807, 2.05) is 0 Å². The van der Waals surface area contributed by atoms with Crippen LogP contribution in [0.25, 0.3) is 21.0 Å². The molecule has 0 amide bonds. The number of aromatic nitrogens is 2. The van der Waals surface area contributed by atoms with Crippen molar-refractivity contribution in [2.75, 3.05) is 26.2 Å². The molecule has 1 unspecified atom stereocenters. The van der Waals surface area contributed by atoms with Gasteiger partial charge in [-0.05, 0) is 73.2 Å². The summed E-state index contributed by atoms with van der Waals surface area (Å²) in [5.41, 5.74) is 2.48. The van der Waals surface area contributed by atoms with Crippen LogP contribution in [0.5, 0.6) is 0 Å². The number of aryl methyl sites for hydroxylation is 1. The Morgan fingerprint density at radius 1 is 1.09 bits per heavy atom. The van der Waals surface area contributed by atoms with Crippen LogP contribution in [0.1, 0.15) is 35.3 Å². The van der Waals surface area contributed by atoms with Gasteiger partial charge in [-0.3, -0.25) is 9.36 Å². The Kier molecular flexibility index (Phi) is 5.74. The zero-order valence-corrected chi connectivity index (χ0v) is 19.7. The molecule has 1 aliphatic heterocycles. The Labute approximate surface area is 198 Å². The normalized spacial score (nSPS) is 18.8. The van der Waals surface area contributed by atoms with Crippen LogP contribution in [0, 0.1) is 0 Å². The minimum absolute atomic E-state index is 0.103. The molecule has 1 saturated heterocycles. The van der Waals surface area contributed by atoms with Crippen LogP contribution >= 0.6 is 11.3 Å². The Morgan fingerprint density at radius 2 is 1.94 bits per heavy atom. The van der Waals surface area contributed by atoms with E-state index in [0.717, 1.165) is 48.1 Å². The van der Waals surface area contributed by atoms with Crippen molar-refractivity contribution in [1.29, 1.82) is 0 Å². The minimum Gasteiger partial charge on any atom is -0.312 e. The average Bonchev–Trinajstić information content (AvgIpc) is 3.48. The second-order valence-electron chi connectivity index (χ2n) is 9.49. The van der Waals surface area contributed by atoms with Gasteiger partial charge in [0.25, 0.3) is 5.56 Å². The first-order valence-electron chi connectivity index (χ1n) is 12.2. The van der Waals surface area contributed by atoms with Crippen molar-refractivity contribution in [3.8, 4) is 0 Å². The molecule has 0 saturated carbocycles. The molecular formula is C27H30N4OS. The SMILES string of the molecule is O=c1c2c3c(sc2ncn1Cc1ccc2ccccc2c1)CC(NCCN1CCCC1)CC3.